The summed E-state index contributed by atoms with van der Waals surface area (Å²) in [6.07, 6.45) is 1.58. The van der Waals surface area contributed by atoms with Crippen LogP contribution >= 0.6 is 11.3 Å². The molecule has 29 heavy (non-hydrogen) atoms. The van der Waals surface area contributed by atoms with E-state index in [0.29, 0.717) is 24.4 Å². The summed E-state index contributed by atoms with van der Waals surface area (Å²) >= 11 is 1.64. The number of carbonyl (C=O) groups is 1. The zero-order chi connectivity index (χ0) is 20.9. The van der Waals surface area contributed by atoms with Crippen LogP contribution in [0, 0.1) is 6.92 Å². The van der Waals surface area contributed by atoms with Crippen LogP contribution in [-0.2, 0) is 27.7 Å². The highest BCUT2D eigenvalue weighted by atomic mass is 32.2. The Morgan fingerprint density at radius 2 is 1.86 bits per heavy atom. The number of furan rings is 1. The molecule has 0 saturated heterocycles. The Labute approximate surface area is 174 Å². The molecule has 0 N–H and O–H groups in total. The van der Waals surface area contributed by atoms with E-state index >= 15 is 0 Å². The number of aryl methyl sites for hydroxylation is 1. The predicted molar refractivity (Wildman–Crippen MR) is 112 cm³/mol. The molecular formula is C21H23NO5S2. The number of carbonyl (C=O) groups excluding carboxylic acids is 1. The summed E-state index contributed by atoms with van der Waals surface area (Å²) < 4.78 is 34.8. The van der Waals surface area contributed by atoms with Crippen molar-refractivity contribution in [2.24, 2.45) is 0 Å². The zero-order valence-corrected chi connectivity index (χ0v) is 18.0. The Hall–Kier alpha value is -2.42. The third kappa shape index (κ3) is 5.56. The molecule has 0 aliphatic heterocycles. The average Bonchev–Trinajstić information content (AvgIpc) is 3.37. The van der Waals surface area contributed by atoms with Crippen molar-refractivity contribution in [2.75, 3.05) is 19.5 Å². The van der Waals surface area contributed by atoms with Gasteiger partial charge < -0.3 is 14.1 Å². The average molecular weight is 434 g/mol. The number of rotatable bonds is 9. The van der Waals surface area contributed by atoms with Crippen LogP contribution in [0.3, 0.4) is 0 Å². The molecule has 1 amide bonds. The van der Waals surface area contributed by atoms with Gasteiger partial charge in [-0.3, -0.25) is 4.79 Å². The van der Waals surface area contributed by atoms with Crippen LogP contribution in [-0.4, -0.2) is 38.7 Å². The van der Waals surface area contributed by atoms with Crippen molar-refractivity contribution in [3.8, 4) is 0 Å². The van der Waals surface area contributed by atoms with Crippen molar-refractivity contribution in [1.82, 2.24) is 4.90 Å². The first-order valence-electron chi connectivity index (χ1n) is 9.08. The van der Waals surface area contributed by atoms with Gasteiger partial charge in [0.1, 0.15) is 5.76 Å². The van der Waals surface area contributed by atoms with Crippen molar-refractivity contribution >= 4 is 27.1 Å². The van der Waals surface area contributed by atoms with Crippen LogP contribution in [0.5, 0.6) is 0 Å². The summed E-state index contributed by atoms with van der Waals surface area (Å²) in [6.45, 7) is 2.93. The highest BCUT2D eigenvalue weighted by Gasteiger charge is 2.20. The first-order valence-corrected chi connectivity index (χ1v) is 11.5. The third-order valence-corrected chi connectivity index (χ3v) is 7.05. The topological polar surface area (TPSA) is 76.8 Å². The van der Waals surface area contributed by atoms with E-state index in [-0.39, 0.29) is 23.2 Å². The largest absolute Gasteiger partial charge is 0.467 e. The SMILES string of the molecule is COCCS(=O)(=O)c1ccc(C(=O)N(Cc2ccco2)Cc2ccc(C)s2)cc1. The molecule has 2 aromatic heterocycles. The number of benzene rings is 1. The molecule has 2 heterocycles. The number of nitrogens with zero attached hydrogens (tertiary/aromatic N) is 1. The molecule has 0 bridgehead atoms. The van der Waals surface area contributed by atoms with E-state index in [1.807, 2.05) is 25.1 Å². The Morgan fingerprint density at radius 3 is 2.45 bits per heavy atom. The van der Waals surface area contributed by atoms with Gasteiger partial charge in [-0.25, -0.2) is 8.42 Å². The van der Waals surface area contributed by atoms with Gasteiger partial charge in [-0.05, 0) is 55.5 Å². The number of hydrogen-bond donors (Lipinski definition) is 0. The van der Waals surface area contributed by atoms with Crippen LogP contribution < -0.4 is 0 Å². The van der Waals surface area contributed by atoms with E-state index in [9.17, 15) is 13.2 Å². The molecule has 0 unspecified atom stereocenters. The van der Waals surface area contributed by atoms with Gasteiger partial charge in [0, 0.05) is 22.4 Å². The summed E-state index contributed by atoms with van der Waals surface area (Å²) in [5.41, 5.74) is 0.426. The molecule has 0 radical (unpaired) electrons. The number of hydrogen-bond acceptors (Lipinski definition) is 6. The van der Waals surface area contributed by atoms with Gasteiger partial charge in [-0.1, -0.05) is 0 Å². The molecule has 1 aromatic carbocycles. The molecule has 0 fully saturated rings. The normalized spacial score (nSPS) is 11.5. The monoisotopic (exact) mass is 433 g/mol. The molecule has 6 nitrogen and oxygen atoms in total. The molecule has 3 aromatic rings. The lowest BCUT2D eigenvalue weighted by atomic mass is 10.2. The molecule has 3 rings (SSSR count). The van der Waals surface area contributed by atoms with Crippen molar-refractivity contribution in [2.45, 2.75) is 24.9 Å². The summed E-state index contributed by atoms with van der Waals surface area (Å²) in [5.74, 6) is 0.401. The molecule has 0 saturated carbocycles. The summed E-state index contributed by atoms with van der Waals surface area (Å²) in [6, 6.07) is 13.7. The predicted octanol–water partition coefficient (Wildman–Crippen LogP) is 3.91. The highest BCUT2D eigenvalue weighted by molar-refractivity contribution is 7.91. The van der Waals surface area contributed by atoms with E-state index in [0.717, 1.165) is 4.88 Å². The Balaban J connectivity index is 1.81. The van der Waals surface area contributed by atoms with Crippen molar-refractivity contribution in [3.63, 3.8) is 0 Å². The van der Waals surface area contributed by atoms with E-state index in [4.69, 9.17) is 9.15 Å². The quantitative estimate of drug-likeness (QED) is 0.511. The van der Waals surface area contributed by atoms with Crippen molar-refractivity contribution < 1.29 is 22.4 Å². The smallest absolute Gasteiger partial charge is 0.254 e. The minimum Gasteiger partial charge on any atom is -0.467 e. The fourth-order valence-corrected chi connectivity index (χ4v) is 4.93. The van der Waals surface area contributed by atoms with Crippen molar-refractivity contribution in [1.29, 1.82) is 0 Å². The number of amides is 1. The Bertz CT molecular complexity index is 1040. The van der Waals surface area contributed by atoms with E-state index in [1.165, 1.54) is 24.1 Å². The molecule has 0 spiro atoms. The van der Waals surface area contributed by atoms with Gasteiger partial charge >= 0.3 is 0 Å². The fraction of sp³-hybridized carbons (Fsp3) is 0.286. The Morgan fingerprint density at radius 1 is 1.10 bits per heavy atom. The van der Waals surface area contributed by atoms with Crippen LogP contribution in [0.1, 0.15) is 25.9 Å². The van der Waals surface area contributed by atoms with E-state index < -0.39 is 9.84 Å². The van der Waals surface area contributed by atoms with Crippen LogP contribution in [0.2, 0.25) is 0 Å². The number of ether oxygens (including phenoxy) is 1. The van der Waals surface area contributed by atoms with Crippen LogP contribution in [0.15, 0.2) is 64.1 Å². The minimum absolute atomic E-state index is 0.0981. The zero-order valence-electron chi connectivity index (χ0n) is 16.3. The molecule has 0 atom stereocenters. The fourth-order valence-electron chi connectivity index (χ4n) is 2.85. The molecule has 154 valence electrons. The third-order valence-electron chi connectivity index (χ3n) is 4.37. The lowest BCUT2D eigenvalue weighted by Gasteiger charge is -2.21. The Kier molecular flexibility index (Phi) is 6.89. The van der Waals surface area contributed by atoms with Gasteiger partial charge in [0.15, 0.2) is 9.84 Å². The van der Waals surface area contributed by atoms with Gasteiger partial charge in [0.05, 0.1) is 36.6 Å². The maximum absolute atomic E-state index is 13.1. The molecular weight excluding hydrogens is 410 g/mol. The first-order chi connectivity index (χ1) is 13.9. The standard InChI is InChI=1S/C21H23NO5S2/c1-16-5-8-19(28-16)15-22(14-18-4-3-11-27-18)21(23)17-6-9-20(10-7-17)29(24,25)13-12-26-2/h3-11H,12-15H2,1-2H3. The number of methoxy groups -OCH3 is 1. The minimum atomic E-state index is -3.44. The highest BCUT2D eigenvalue weighted by Crippen LogP contribution is 2.21. The number of sulfone groups is 1. The lowest BCUT2D eigenvalue weighted by Crippen LogP contribution is -2.29. The summed E-state index contributed by atoms with van der Waals surface area (Å²) in [5, 5.41) is 0. The maximum atomic E-state index is 13.1. The molecule has 0 aliphatic rings. The summed E-state index contributed by atoms with van der Waals surface area (Å²) in [4.78, 5) is 17.3. The van der Waals surface area contributed by atoms with Crippen molar-refractivity contribution in [3.05, 3.63) is 75.9 Å². The second-order valence-corrected chi connectivity index (χ2v) is 10.1. The van der Waals surface area contributed by atoms with Gasteiger partial charge in [-0.15, -0.1) is 11.3 Å². The van der Waals surface area contributed by atoms with E-state index in [2.05, 4.69) is 0 Å². The van der Waals surface area contributed by atoms with E-state index in [1.54, 1.807) is 40.7 Å². The lowest BCUT2D eigenvalue weighted by molar-refractivity contribution is 0.0719. The first kappa shape index (κ1) is 21.3. The van der Waals surface area contributed by atoms with Gasteiger partial charge in [0.25, 0.3) is 5.91 Å². The second-order valence-electron chi connectivity index (χ2n) is 6.59. The second kappa shape index (κ2) is 9.39. The maximum Gasteiger partial charge on any atom is 0.254 e. The van der Waals surface area contributed by atoms with Crippen LogP contribution in [0.25, 0.3) is 0 Å². The summed E-state index contributed by atoms with van der Waals surface area (Å²) in [7, 11) is -1.98. The molecule has 8 heteroatoms. The van der Waals surface area contributed by atoms with Crippen LogP contribution in [0.4, 0.5) is 0 Å². The number of thiophene rings is 1. The van der Waals surface area contributed by atoms with Gasteiger partial charge in [0.2, 0.25) is 0 Å². The molecule has 0 aliphatic carbocycles. The van der Waals surface area contributed by atoms with Gasteiger partial charge in [-0.2, -0.15) is 0 Å².